The number of hydrazine groups is 1. The Morgan fingerprint density at radius 1 is 1.12 bits per heavy atom. The Hall–Kier alpha value is -1.80. The molecule has 0 saturated heterocycles. The number of hydrogen-bond acceptors (Lipinski definition) is 4. The number of benzene rings is 2. The molecular formula is C17H18Cl2N2O4S. The van der Waals surface area contributed by atoms with Gasteiger partial charge in [-0.05, 0) is 56.2 Å². The predicted molar refractivity (Wildman–Crippen MR) is 101 cm³/mol. The van der Waals surface area contributed by atoms with E-state index in [1.807, 2.05) is 4.83 Å². The first-order valence-corrected chi connectivity index (χ1v) is 9.85. The van der Waals surface area contributed by atoms with E-state index in [1.165, 1.54) is 25.1 Å². The van der Waals surface area contributed by atoms with Crippen molar-refractivity contribution in [1.29, 1.82) is 0 Å². The Labute approximate surface area is 162 Å². The van der Waals surface area contributed by atoms with Crippen LogP contribution in [-0.4, -0.2) is 20.4 Å². The first-order chi connectivity index (χ1) is 12.1. The highest BCUT2D eigenvalue weighted by molar-refractivity contribution is 7.89. The van der Waals surface area contributed by atoms with Crippen LogP contribution in [0, 0.1) is 13.8 Å². The number of ether oxygens (including phenoxy) is 1. The molecule has 140 valence electrons. The maximum absolute atomic E-state index is 12.2. The van der Waals surface area contributed by atoms with E-state index < -0.39 is 22.0 Å². The van der Waals surface area contributed by atoms with Crippen LogP contribution in [0.1, 0.15) is 18.1 Å². The molecule has 2 rings (SSSR count). The normalized spacial score (nSPS) is 12.5. The first-order valence-electron chi connectivity index (χ1n) is 7.61. The van der Waals surface area contributed by atoms with Crippen molar-refractivity contribution < 1.29 is 17.9 Å². The fourth-order valence-electron chi connectivity index (χ4n) is 2.25. The van der Waals surface area contributed by atoms with E-state index in [-0.39, 0.29) is 9.92 Å². The number of hydrogen-bond donors (Lipinski definition) is 2. The molecule has 2 N–H and O–H groups in total. The highest BCUT2D eigenvalue weighted by Gasteiger charge is 2.22. The van der Waals surface area contributed by atoms with E-state index in [2.05, 4.69) is 5.43 Å². The van der Waals surface area contributed by atoms with Crippen molar-refractivity contribution in [2.75, 3.05) is 0 Å². The second-order valence-corrected chi connectivity index (χ2v) is 8.15. The summed E-state index contributed by atoms with van der Waals surface area (Å²) >= 11 is 11.8. The van der Waals surface area contributed by atoms with Gasteiger partial charge in [0, 0.05) is 5.02 Å². The number of carbonyl (C=O) groups excluding carboxylic acids is 1. The van der Waals surface area contributed by atoms with Gasteiger partial charge in [0.05, 0.1) is 5.02 Å². The SMILES string of the molecule is Cc1cc(Cl)cc(C)c1O[C@H](C)C(=O)NNS(=O)(=O)c1ccccc1Cl. The number of carbonyl (C=O) groups is 1. The molecule has 0 aliphatic heterocycles. The third kappa shape index (κ3) is 4.88. The molecule has 0 spiro atoms. The van der Waals surface area contributed by atoms with Crippen molar-refractivity contribution in [3.8, 4) is 5.75 Å². The maximum Gasteiger partial charge on any atom is 0.275 e. The van der Waals surface area contributed by atoms with Crippen LogP contribution in [0.15, 0.2) is 41.3 Å². The van der Waals surface area contributed by atoms with Crippen molar-refractivity contribution in [3.05, 3.63) is 57.6 Å². The minimum Gasteiger partial charge on any atom is -0.480 e. The van der Waals surface area contributed by atoms with Crippen molar-refractivity contribution in [2.24, 2.45) is 0 Å². The van der Waals surface area contributed by atoms with Gasteiger partial charge >= 0.3 is 0 Å². The van der Waals surface area contributed by atoms with Gasteiger partial charge in [0.25, 0.3) is 15.9 Å². The molecular weight excluding hydrogens is 399 g/mol. The molecule has 0 aliphatic carbocycles. The standard InChI is InChI=1S/C17H18Cl2N2O4S/c1-10-8-13(18)9-11(2)16(10)25-12(3)17(22)20-21-26(23,24)15-7-5-4-6-14(15)19/h4-9,12,21H,1-3H3,(H,20,22)/t12-/m1/s1. The molecule has 2 aromatic rings. The summed E-state index contributed by atoms with van der Waals surface area (Å²) in [6.45, 7) is 5.12. The molecule has 2 aromatic carbocycles. The molecule has 1 atom stereocenters. The molecule has 26 heavy (non-hydrogen) atoms. The quantitative estimate of drug-likeness (QED) is 0.706. The minimum absolute atomic E-state index is 0.0472. The fraction of sp³-hybridized carbons (Fsp3) is 0.235. The Bertz CT molecular complexity index is 909. The van der Waals surface area contributed by atoms with Gasteiger partial charge in [-0.1, -0.05) is 35.3 Å². The summed E-state index contributed by atoms with van der Waals surface area (Å²) in [5, 5.41) is 0.614. The monoisotopic (exact) mass is 416 g/mol. The number of sulfonamides is 1. The molecule has 0 unspecified atom stereocenters. The fourth-order valence-corrected chi connectivity index (χ4v) is 3.95. The average Bonchev–Trinajstić information content (AvgIpc) is 2.56. The minimum atomic E-state index is -4.00. The zero-order valence-electron chi connectivity index (χ0n) is 14.3. The summed E-state index contributed by atoms with van der Waals surface area (Å²) in [5.74, 6) is -0.139. The molecule has 0 fully saturated rings. The number of halogens is 2. The zero-order chi connectivity index (χ0) is 19.5. The van der Waals surface area contributed by atoms with Crippen LogP contribution in [0.4, 0.5) is 0 Å². The number of rotatable bonds is 6. The Balaban J connectivity index is 2.05. The smallest absolute Gasteiger partial charge is 0.275 e. The van der Waals surface area contributed by atoms with Gasteiger partial charge in [0.15, 0.2) is 6.10 Å². The largest absolute Gasteiger partial charge is 0.480 e. The van der Waals surface area contributed by atoms with Gasteiger partial charge in [-0.25, -0.2) is 8.42 Å². The number of aryl methyl sites for hydroxylation is 2. The second kappa shape index (κ2) is 8.26. The van der Waals surface area contributed by atoms with Crippen molar-refractivity contribution >= 4 is 39.1 Å². The summed E-state index contributed by atoms with van der Waals surface area (Å²) in [4.78, 5) is 14.0. The first kappa shape index (κ1) is 20.5. The lowest BCUT2D eigenvalue weighted by Crippen LogP contribution is -2.47. The van der Waals surface area contributed by atoms with E-state index in [1.54, 1.807) is 32.0 Å². The van der Waals surface area contributed by atoms with Crippen LogP contribution in [0.5, 0.6) is 5.75 Å². The van der Waals surface area contributed by atoms with E-state index in [4.69, 9.17) is 27.9 Å². The highest BCUT2D eigenvalue weighted by atomic mass is 35.5. The summed E-state index contributed by atoms with van der Waals surface area (Å²) in [7, 11) is -4.00. The topological polar surface area (TPSA) is 84.5 Å². The average molecular weight is 417 g/mol. The molecule has 0 aliphatic rings. The Kier molecular flexibility index (Phi) is 6.52. The molecule has 0 radical (unpaired) electrons. The van der Waals surface area contributed by atoms with Crippen molar-refractivity contribution in [3.63, 3.8) is 0 Å². The molecule has 0 heterocycles. The van der Waals surface area contributed by atoms with Gasteiger partial charge in [-0.15, -0.1) is 4.83 Å². The van der Waals surface area contributed by atoms with Crippen LogP contribution in [-0.2, 0) is 14.8 Å². The lowest BCUT2D eigenvalue weighted by atomic mass is 10.1. The van der Waals surface area contributed by atoms with Crippen LogP contribution >= 0.6 is 23.2 Å². The molecule has 0 aromatic heterocycles. The van der Waals surface area contributed by atoms with Crippen LogP contribution in [0.3, 0.4) is 0 Å². The summed E-state index contributed by atoms with van der Waals surface area (Å²) in [5.41, 5.74) is 3.67. The van der Waals surface area contributed by atoms with Gasteiger partial charge in [-0.3, -0.25) is 10.2 Å². The van der Waals surface area contributed by atoms with Gasteiger partial charge in [0.1, 0.15) is 10.6 Å². The Morgan fingerprint density at radius 2 is 1.69 bits per heavy atom. The van der Waals surface area contributed by atoms with Crippen LogP contribution in [0.2, 0.25) is 10.0 Å². The summed E-state index contributed by atoms with van der Waals surface area (Å²) in [6, 6.07) is 9.34. The maximum atomic E-state index is 12.2. The number of nitrogens with one attached hydrogen (secondary N) is 2. The molecule has 0 saturated carbocycles. The van der Waals surface area contributed by atoms with E-state index in [0.29, 0.717) is 10.8 Å². The van der Waals surface area contributed by atoms with Gasteiger partial charge < -0.3 is 4.74 Å². The second-order valence-electron chi connectivity index (χ2n) is 5.65. The number of amides is 1. The molecule has 6 nitrogen and oxygen atoms in total. The van der Waals surface area contributed by atoms with E-state index in [9.17, 15) is 13.2 Å². The lowest BCUT2D eigenvalue weighted by molar-refractivity contribution is -0.127. The predicted octanol–water partition coefficient (Wildman–Crippen LogP) is 3.39. The van der Waals surface area contributed by atoms with Gasteiger partial charge in [0.2, 0.25) is 0 Å². The highest BCUT2D eigenvalue weighted by Crippen LogP contribution is 2.28. The van der Waals surface area contributed by atoms with Crippen molar-refractivity contribution in [1.82, 2.24) is 10.3 Å². The zero-order valence-corrected chi connectivity index (χ0v) is 16.7. The third-order valence-electron chi connectivity index (χ3n) is 3.52. The molecule has 9 heteroatoms. The Morgan fingerprint density at radius 3 is 2.27 bits per heavy atom. The molecule has 0 bridgehead atoms. The van der Waals surface area contributed by atoms with Crippen molar-refractivity contribution in [2.45, 2.75) is 31.8 Å². The van der Waals surface area contributed by atoms with E-state index in [0.717, 1.165) is 11.1 Å². The van der Waals surface area contributed by atoms with Crippen LogP contribution in [0.25, 0.3) is 0 Å². The van der Waals surface area contributed by atoms with E-state index >= 15 is 0 Å². The lowest BCUT2D eigenvalue weighted by Gasteiger charge is -2.18. The van der Waals surface area contributed by atoms with Gasteiger partial charge in [-0.2, -0.15) is 0 Å². The van der Waals surface area contributed by atoms with Crippen LogP contribution < -0.4 is 15.0 Å². The third-order valence-corrected chi connectivity index (χ3v) is 5.49. The summed E-state index contributed by atoms with van der Waals surface area (Å²) in [6.07, 6.45) is -0.942. The molecule has 1 amide bonds. The summed E-state index contributed by atoms with van der Waals surface area (Å²) < 4.78 is 30.1.